The smallest absolute Gasteiger partial charge is 0.316 e. The fourth-order valence-corrected chi connectivity index (χ4v) is 10.2. The van der Waals surface area contributed by atoms with Crippen molar-refractivity contribution in [2.45, 2.75) is 11.9 Å². The first-order valence-corrected chi connectivity index (χ1v) is 15.3. The number of hydrogen-bond donors (Lipinski definition) is 1. The van der Waals surface area contributed by atoms with E-state index in [9.17, 15) is 4.79 Å². The maximum atomic E-state index is 12.3. The van der Waals surface area contributed by atoms with E-state index in [1.807, 2.05) is 18.2 Å². The van der Waals surface area contributed by atoms with Crippen molar-refractivity contribution in [2.24, 2.45) is 0 Å². The van der Waals surface area contributed by atoms with Gasteiger partial charge in [-0.1, -0.05) is 84.1 Å². The van der Waals surface area contributed by atoms with Crippen LogP contribution in [-0.2, 0) is 9.53 Å². The molecule has 4 aromatic carbocycles. The molecule has 0 spiro atoms. The second-order valence-electron chi connectivity index (χ2n) is 8.91. The average molecular weight is 551 g/mol. The number of hydrogen-bond acceptors (Lipinski definition) is 6. The van der Waals surface area contributed by atoms with E-state index in [2.05, 4.69) is 109 Å². The summed E-state index contributed by atoms with van der Waals surface area (Å²) in [6.45, 7) is 2.07. The number of aryl methyl sites for hydroxylation is 1. The van der Waals surface area contributed by atoms with Crippen LogP contribution in [0.15, 0.2) is 127 Å². The zero-order chi connectivity index (χ0) is 27.1. The van der Waals surface area contributed by atoms with Gasteiger partial charge in [-0.25, -0.2) is 9.97 Å². The largest absolute Gasteiger partial charge is 0.468 e. The number of thioether (sulfide) groups is 1. The lowest BCUT2D eigenvalue weighted by Crippen LogP contribution is -2.41. The van der Waals surface area contributed by atoms with E-state index in [-0.39, 0.29) is 11.7 Å². The van der Waals surface area contributed by atoms with Crippen molar-refractivity contribution in [3.8, 4) is 0 Å². The Hall–Kier alpha value is -3.99. The molecule has 0 aliphatic carbocycles. The van der Waals surface area contributed by atoms with E-state index in [4.69, 9.17) is 14.7 Å². The minimum Gasteiger partial charge on any atom is -0.468 e. The number of benzene rings is 4. The highest BCUT2D eigenvalue weighted by atomic mass is 32.2. The van der Waals surface area contributed by atoms with Gasteiger partial charge in [-0.15, -0.1) is 0 Å². The molecule has 5 nitrogen and oxygen atoms in total. The van der Waals surface area contributed by atoms with Crippen LogP contribution in [-0.4, -0.2) is 28.8 Å². The third kappa shape index (κ3) is 5.58. The molecule has 0 radical (unpaired) electrons. The molecular formula is C32H29N3O2PS+. The van der Waals surface area contributed by atoms with Gasteiger partial charge in [-0.2, -0.15) is 0 Å². The Morgan fingerprint density at radius 2 is 1.28 bits per heavy atom. The molecule has 5 aromatic rings. The Bertz CT molecular complexity index is 1440. The minimum absolute atomic E-state index is 0.142. The van der Waals surface area contributed by atoms with Crippen LogP contribution in [0.25, 0.3) is 0 Å². The zero-order valence-electron chi connectivity index (χ0n) is 21.8. The molecular weight excluding hydrogens is 521 g/mol. The summed E-state index contributed by atoms with van der Waals surface area (Å²) in [5.74, 6) is 0.551. The lowest BCUT2D eigenvalue weighted by molar-refractivity contribution is -0.137. The first-order valence-electron chi connectivity index (χ1n) is 12.6. The number of carbonyl (C=O) groups is 1. The molecule has 194 valence electrons. The quantitative estimate of drug-likeness (QED) is 0.115. The third-order valence-corrected chi connectivity index (χ3v) is 11.9. The average Bonchev–Trinajstić information content (AvgIpc) is 3.00. The number of aromatic nitrogens is 2. The molecule has 7 heteroatoms. The van der Waals surface area contributed by atoms with E-state index in [1.54, 1.807) is 6.33 Å². The molecule has 5 rings (SSSR count). The van der Waals surface area contributed by atoms with Crippen LogP contribution in [0.2, 0.25) is 0 Å². The standard InChI is InChI=1S/C32H29N3O2PS/c1-24-18-20-25(21-19-24)35-31-30(32(34-23-33-31)39-22-29(36)37-2)38(26-12-6-3-7-13-26,27-14-8-4-9-15-27)28-16-10-5-11-17-28/h3-21,23H,22H2,1-2H3,(H,33,34,35)/q+1. The van der Waals surface area contributed by atoms with Gasteiger partial charge in [0, 0.05) is 5.69 Å². The molecule has 0 fully saturated rings. The summed E-state index contributed by atoms with van der Waals surface area (Å²) in [7, 11) is -1.15. The highest BCUT2D eigenvalue weighted by Gasteiger charge is 2.52. The van der Waals surface area contributed by atoms with Crippen molar-refractivity contribution in [3.05, 3.63) is 127 Å². The molecule has 0 aliphatic rings. The van der Waals surface area contributed by atoms with Gasteiger partial charge in [0.25, 0.3) is 0 Å². The molecule has 0 saturated heterocycles. The van der Waals surface area contributed by atoms with Crippen molar-refractivity contribution in [3.63, 3.8) is 0 Å². The van der Waals surface area contributed by atoms with Crippen LogP contribution in [0.3, 0.4) is 0 Å². The Balaban J connectivity index is 1.86. The number of rotatable bonds is 9. The van der Waals surface area contributed by atoms with Crippen molar-refractivity contribution in [1.82, 2.24) is 9.97 Å². The molecule has 1 aromatic heterocycles. The maximum Gasteiger partial charge on any atom is 0.316 e. The number of nitrogens with zero attached hydrogens (tertiary/aromatic N) is 2. The van der Waals surface area contributed by atoms with Crippen molar-refractivity contribution in [2.75, 3.05) is 18.2 Å². The SMILES string of the molecule is COC(=O)CSc1ncnc(Nc2ccc(C)cc2)c1[P+](c1ccccc1)(c1ccccc1)c1ccccc1. The monoisotopic (exact) mass is 550 g/mol. The van der Waals surface area contributed by atoms with Gasteiger partial charge in [-0.3, -0.25) is 4.79 Å². The van der Waals surface area contributed by atoms with Gasteiger partial charge in [0.2, 0.25) is 0 Å². The second kappa shape index (κ2) is 12.2. The molecule has 0 saturated carbocycles. The number of esters is 1. The maximum absolute atomic E-state index is 12.3. The summed E-state index contributed by atoms with van der Waals surface area (Å²) >= 11 is 1.38. The highest BCUT2D eigenvalue weighted by molar-refractivity contribution is 8.04. The molecule has 1 heterocycles. The van der Waals surface area contributed by atoms with Crippen molar-refractivity contribution >= 4 is 57.7 Å². The third-order valence-electron chi connectivity index (χ3n) is 6.42. The van der Waals surface area contributed by atoms with E-state index in [0.29, 0.717) is 5.82 Å². The van der Waals surface area contributed by atoms with Crippen LogP contribution in [0, 0.1) is 6.92 Å². The Labute approximate surface area is 234 Å². The van der Waals surface area contributed by atoms with Crippen molar-refractivity contribution < 1.29 is 9.53 Å². The van der Waals surface area contributed by atoms with Gasteiger partial charge in [0.15, 0.2) is 18.4 Å². The van der Waals surface area contributed by atoms with Crippen LogP contribution >= 0.6 is 19.0 Å². The van der Waals surface area contributed by atoms with Gasteiger partial charge in [0.05, 0.1) is 12.9 Å². The van der Waals surface area contributed by atoms with E-state index < -0.39 is 7.26 Å². The summed E-state index contributed by atoms with van der Waals surface area (Å²) in [6.07, 6.45) is 1.56. The van der Waals surface area contributed by atoms with E-state index in [1.165, 1.54) is 40.3 Å². The summed E-state index contributed by atoms with van der Waals surface area (Å²) < 4.78 is 4.98. The minimum atomic E-state index is -2.56. The molecule has 0 unspecified atom stereocenters. The van der Waals surface area contributed by atoms with E-state index >= 15 is 0 Å². The van der Waals surface area contributed by atoms with E-state index in [0.717, 1.165) is 16.0 Å². The Kier molecular flexibility index (Phi) is 8.36. The van der Waals surface area contributed by atoms with Gasteiger partial charge < -0.3 is 10.1 Å². The molecule has 39 heavy (non-hydrogen) atoms. The summed E-state index contributed by atoms with van der Waals surface area (Å²) in [4.78, 5) is 21.9. The molecule has 0 atom stereocenters. The van der Waals surface area contributed by atoms with Crippen LogP contribution < -0.4 is 26.5 Å². The number of carbonyl (C=O) groups excluding carboxylic acids is 1. The van der Waals surface area contributed by atoms with Crippen LogP contribution in [0.1, 0.15) is 5.56 Å². The lowest BCUT2D eigenvalue weighted by Gasteiger charge is -2.29. The molecule has 0 aliphatic heterocycles. The topological polar surface area (TPSA) is 64.1 Å². The Morgan fingerprint density at radius 1 is 0.769 bits per heavy atom. The first-order chi connectivity index (χ1) is 19.1. The van der Waals surface area contributed by atoms with Crippen LogP contribution in [0.4, 0.5) is 11.5 Å². The summed E-state index contributed by atoms with van der Waals surface area (Å²) in [5.41, 5.74) is 2.11. The fourth-order valence-electron chi connectivity index (χ4n) is 4.61. The molecule has 1 N–H and O–H groups in total. The first kappa shape index (κ1) is 26.6. The predicted molar refractivity (Wildman–Crippen MR) is 164 cm³/mol. The normalized spacial score (nSPS) is 11.1. The lowest BCUT2D eigenvalue weighted by atomic mass is 10.2. The van der Waals surface area contributed by atoms with Crippen molar-refractivity contribution in [1.29, 1.82) is 0 Å². The number of ether oxygens (including phenoxy) is 1. The number of methoxy groups -OCH3 is 1. The van der Waals surface area contributed by atoms with Gasteiger partial charge in [-0.05, 0) is 55.5 Å². The summed E-state index contributed by atoms with van der Waals surface area (Å²) in [5, 5.41) is 8.84. The second-order valence-corrected chi connectivity index (χ2v) is 13.2. The van der Waals surface area contributed by atoms with Gasteiger partial charge >= 0.3 is 5.97 Å². The number of nitrogens with one attached hydrogen (secondary N) is 1. The highest BCUT2D eigenvalue weighted by Crippen LogP contribution is 2.57. The van der Waals surface area contributed by atoms with Crippen LogP contribution in [0.5, 0.6) is 0 Å². The molecule has 0 amide bonds. The number of anilines is 2. The summed E-state index contributed by atoms with van der Waals surface area (Å²) in [6, 6.07) is 39.9. The molecule has 0 bridgehead atoms. The zero-order valence-corrected chi connectivity index (χ0v) is 23.5. The predicted octanol–water partition coefficient (Wildman–Crippen LogP) is 5.41. The fraction of sp³-hybridized carbons (Fsp3) is 0.0938. The van der Waals surface area contributed by atoms with Gasteiger partial charge in [0.1, 0.15) is 27.3 Å². The Morgan fingerprint density at radius 3 is 1.77 bits per heavy atom.